The number of methoxy groups -OCH3 is 2. The van der Waals surface area contributed by atoms with Crippen molar-refractivity contribution in [3.05, 3.63) is 66.2 Å². The summed E-state index contributed by atoms with van der Waals surface area (Å²) in [5, 5.41) is 1.05. The fraction of sp³-hybridized carbons (Fsp3) is 0.333. The van der Waals surface area contributed by atoms with Crippen LogP contribution in [-0.4, -0.2) is 45.4 Å². The minimum absolute atomic E-state index is 0.692. The summed E-state index contributed by atoms with van der Waals surface area (Å²) >= 11 is 0. The van der Waals surface area contributed by atoms with Gasteiger partial charge in [-0.1, -0.05) is 12.5 Å². The summed E-state index contributed by atoms with van der Waals surface area (Å²) in [6.07, 6.45) is 3.93. The lowest BCUT2D eigenvalue weighted by atomic mass is 9.95. The molecule has 1 aromatic heterocycles. The summed E-state index contributed by atoms with van der Waals surface area (Å²) in [6.45, 7) is 6.15. The molecule has 0 saturated carbocycles. The molecule has 4 aromatic rings. The number of benzene rings is 3. The molecule has 0 radical (unpaired) electrons. The van der Waals surface area contributed by atoms with E-state index in [-0.39, 0.29) is 0 Å². The standard InChI is InChI=1S/C30H33NO4/c1-21-7-10-25(34-18-17-31-15-5-4-6-16-31)19-27(21)29-26-14-13-24(33-3)20-28(26)35-30(29)22-8-11-23(32-2)12-9-22/h7-14,19-20H,4-6,15-18H2,1-3H3. The van der Waals surface area contributed by atoms with Crippen molar-refractivity contribution in [1.82, 2.24) is 4.90 Å². The third-order valence-corrected chi connectivity index (χ3v) is 6.85. The number of ether oxygens (including phenoxy) is 3. The third kappa shape index (κ3) is 5.01. The molecule has 0 spiro atoms. The minimum atomic E-state index is 0.692. The highest BCUT2D eigenvalue weighted by Gasteiger charge is 2.20. The summed E-state index contributed by atoms with van der Waals surface area (Å²) in [6, 6.07) is 20.3. The number of furan rings is 1. The number of nitrogens with zero attached hydrogens (tertiary/aromatic N) is 1. The van der Waals surface area contributed by atoms with Crippen LogP contribution in [0.4, 0.5) is 0 Å². The summed E-state index contributed by atoms with van der Waals surface area (Å²) in [5.74, 6) is 3.29. The van der Waals surface area contributed by atoms with Crippen LogP contribution in [0.5, 0.6) is 17.2 Å². The summed E-state index contributed by atoms with van der Waals surface area (Å²) < 4.78 is 23.5. The Hall–Kier alpha value is -3.44. The van der Waals surface area contributed by atoms with Gasteiger partial charge in [-0.25, -0.2) is 0 Å². The molecule has 5 nitrogen and oxygen atoms in total. The molecule has 1 fully saturated rings. The van der Waals surface area contributed by atoms with Crippen LogP contribution in [0, 0.1) is 6.92 Å². The fourth-order valence-corrected chi connectivity index (χ4v) is 4.85. The number of hydrogen-bond donors (Lipinski definition) is 0. The van der Waals surface area contributed by atoms with Crippen molar-refractivity contribution >= 4 is 11.0 Å². The van der Waals surface area contributed by atoms with Crippen molar-refractivity contribution in [2.75, 3.05) is 40.5 Å². The maximum Gasteiger partial charge on any atom is 0.143 e. The van der Waals surface area contributed by atoms with Gasteiger partial charge < -0.3 is 18.6 Å². The Bertz CT molecular complexity index is 1290. The maximum atomic E-state index is 6.44. The Labute approximate surface area is 207 Å². The van der Waals surface area contributed by atoms with Gasteiger partial charge in [-0.3, -0.25) is 4.90 Å². The molecular weight excluding hydrogens is 438 g/mol. The van der Waals surface area contributed by atoms with Crippen LogP contribution in [0.1, 0.15) is 24.8 Å². The zero-order chi connectivity index (χ0) is 24.2. The second-order valence-electron chi connectivity index (χ2n) is 9.12. The Morgan fingerprint density at radius 1 is 0.800 bits per heavy atom. The average molecular weight is 472 g/mol. The molecule has 5 rings (SSSR count). The molecule has 0 N–H and O–H groups in total. The number of rotatable bonds is 8. The van der Waals surface area contributed by atoms with E-state index in [1.165, 1.54) is 37.9 Å². The summed E-state index contributed by atoms with van der Waals surface area (Å²) in [5.41, 5.74) is 5.12. The Morgan fingerprint density at radius 3 is 2.26 bits per heavy atom. The van der Waals surface area contributed by atoms with Gasteiger partial charge in [0.1, 0.15) is 35.2 Å². The van der Waals surface area contributed by atoms with Gasteiger partial charge in [0.25, 0.3) is 0 Å². The Kier molecular flexibility index (Phi) is 6.96. The third-order valence-electron chi connectivity index (χ3n) is 6.85. The van der Waals surface area contributed by atoms with Crippen molar-refractivity contribution in [2.45, 2.75) is 26.2 Å². The number of fused-ring (bicyclic) bond motifs is 1. The topological polar surface area (TPSA) is 44.1 Å². The minimum Gasteiger partial charge on any atom is -0.497 e. The first-order valence-electron chi connectivity index (χ1n) is 12.4. The van der Waals surface area contributed by atoms with E-state index in [9.17, 15) is 0 Å². The molecule has 1 saturated heterocycles. The molecule has 0 bridgehead atoms. The molecule has 5 heteroatoms. The van der Waals surface area contributed by atoms with Gasteiger partial charge in [0.15, 0.2) is 0 Å². The molecule has 3 aromatic carbocycles. The SMILES string of the molecule is COc1ccc(-c2oc3cc(OC)ccc3c2-c2cc(OCCN3CCCCC3)ccc2C)cc1. The molecule has 0 unspecified atom stereocenters. The van der Waals surface area contributed by atoms with Crippen LogP contribution in [0.25, 0.3) is 33.4 Å². The van der Waals surface area contributed by atoms with E-state index in [0.29, 0.717) is 6.61 Å². The first kappa shape index (κ1) is 23.3. The van der Waals surface area contributed by atoms with E-state index >= 15 is 0 Å². The van der Waals surface area contributed by atoms with E-state index in [4.69, 9.17) is 18.6 Å². The number of aryl methyl sites for hydroxylation is 1. The van der Waals surface area contributed by atoms with Crippen molar-refractivity contribution < 1.29 is 18.6 Å². The highest BCUT2D eigenvalue weighted by molar-refractivity contribution is 6.03. The number of piperidine rings is 1. The zero-order valence-corrected chi connectivity index (χ0v) is 20.8. The molecular formula is C30H33NO4. The summed E-state index contributed by atoms with van der Waals surface area (Å²) in [4.78, 5) is 2.50. The zero-order valence-electron chi connectivity index (χ0n) is 20.8. The van der Waals surface area contributed by atoms with E-state index in [1.807, 2.05) is 36.4 Å². The smallest absolute Gasteiger partial charge is 0.143 e. The second kappa shape index (κ2) is 10.4. The normalized spacial score (nSPS) is 14.3. The predicted molar refractivity (Wildman–Crippen MR) is 141 cm³/mol. The number of hydrogen-bond acceptors (Lipinski definition) is 5. The van der Waals surface area contributed by atoms with Crippen LogP contribution in [0.2, 0.25) is 0 Å². The molecule has 0 aliphatic carbocycles. The van der Waals surface area contributed by atoms with Gasteiger partial charge in [0.2, 0.25) is 0 Å². The van der Waals surface area contributed by atoms with Crippen molar-refractivity contribution in [1.29, 1.82) is 0 Å². The van der Waals surface area contributed by atoms with Crippen molar-refractivity contribution in [3.8, 4) is 39.7 Å². The van der Waals surface area contributed by atoms with Crippen LogP contribution in [-0.2, 0) is 0 Å². The molecule has 2 heterocycles. The van der Waals surface area contributed by atoms with Crippen LogP contribution < -0.4 is 14.2 Å². The number of likely N-dealkylation sites (tertiary alicyclic amines) is 1. The molecule has 0 amide bonds. The van der Waals surface area contributed by atoms with E-state index in [2.05, 4.69) is 36.1 Å². The Balaban J connectivity index is 1.52. The molecule has 0 atom stereocenters. The van der Waals surface area contributed by atoms with Crippen molar-refractivity contribution in [2.24, 2.45) is 0 Å². The average Bonchev–Trinajstić information content (AvgIpc) is 3.28. The van der Waals surface area contributed by atoms with Crippen LogP contribution in [0.15, 0.2) is 65.1 Å². The largest absolute Gasteiger partial charge is 0.497 e. The molecule has 182 valence electrons. The van der Waals surface area contributed by atoms with Gasteiger partial charge >= 0.3 is 0 Å². The van der Waals surface area contributed by atoms with E-state index < -0.39 is 0 Å². The van der Waals surface area contributed by atoms with E-state index in [1.54, 1.807) is 14.2 Å². The lowest BCUT2D eigenvalue weighted by Gasteiger charge is -2.26. The van der Waals surface area contributed by atoms with Crippen LogP contribution in [0.3, 0.4) is 0 Å². The fourth-order valence-electron chi connectivity index (χ4n) is 4.85. The van der Waals surface area contributed by atoms with Crippen molar-refractivity contribution in [3.63, 3.8) is 0 Å². The highest BCUT2D eigenvalue weighted by Crippen LogP contribution is 2.44. The first-order chi connectivity index (χ1) is 17.2. The molecule has 1 aliphatic rings. The molecule has 1 aliphatic heterocycles. The quantitative estimate of drug-likeness (QED) is 0.278. The monoisotopic (exact) mass is 471 g/mol. The van der Waals surface area contributed by atoms with E-state index in [0.717, 1.165) is 57.2 Å². The second-order valence-corrected chi connectivity index (χ2v) is 9.12. The maximum absolute atomic E-state index is 6.44. The van der Waals surface area contributed by atoms with Gasteiger partial charge in [0, 0.05) is 29.1 Å². The van der Waals surface area contributed by atoms with Gasteiger partial charge in [-0.05, 0) is 92.5 Å². The van der Waals surface area contributed by atoms with Gasteiger partial charge in [-0.2, -0.15) is 0 Å². The predicted octanol–water partition coefficient (Wildman–Crippen LogP) is 6.96. The summed E-state index contributed by atoms with van der Waals surface area (Å²) in [7, 11) is 3.35. The first-order valence-corrected chi connectivity index (χ1v) is 12.4. The highest BCUT2D eigenvalue weighted by atomic mass is 16.5. The van der Waals surface area contributed by atoms with Crippen LogP contribution >= 0.6 is 0 Å². The lowest BCUT2D eigenvalue weighted by molar-refractivity contribution is 0.183. The lowest BCUT2D eigenvalue weighted by Crippen LogP contribution is -2.33. The molecule has 35 heavy (non-hydrogen) atoms. The van der Waals surface area contributed by atoms with Gasteiger partial charge in [-0.15, -0.1) is 0 Å². The van der Waals surface area contributed by atoms with Gasteiger partial charge in [0.05, 0.1) is 14.2 Å². The Morgan fingerprint density at radius 2 is 1.51 bits per heavy atom.